The lowest BCUT2D eigenvalue weighted by atomic mass is 10.1. The van der Waals surface area contributed by atoms with E-state index in [4.69, 9.17) is 0 Å². The van der Waals surface area contributed by atoms with Crippen LogP contribution in [0, 0.1) is 13.8 Å². The number of phenols is 1. The number of aryl methyl sites for hydroxylation is 1. The standard InChI is InChI=1S/C26H27N7O2S/c1-17-7-5-9-20(18(17)2)28-24-25(31-36-30-24)29-21-10-6-8-19(23(21)34)26(35)33-15-13-32(14-16-33)22-11-3-4-12-27-22/h3-12,34H,13-16H2,1-2H3,(H,28,30)(H,29,31). The maximum Gasteiger partial charge on any atom is 0.257 e. The zero-order chi connectivity index (χ0) is 25.1. The molecule has 10 heteroatoms. The van der Waals surface area contributed by atoms with E-state index in [1.54, 1.807) is 29.3 Å². The molecule has 5 rings (SSSR count). The number of carbonyl (C=O) groups is 1. The molecule has 0 unspecified atom stereocenters. The summed E-state index contributed by atoms with van der Waals surface area (Å²) in [6, 6.07) is 16.9. The molecule has 1 aliphatic heterocycles. The van der Waals surface area contributed by atoms with E-state index >= 15 is 0 Å². The van der Waals surface area contributed by atoms with Gasteiger partial charge >= 0.3 is 0 Å². The lowest BCUT2D eigenvalue weighted by Crippen LogP contribution is -2.49. The number of carbonyl (C=O) groups excluding carboxylic acids is 1. The molecule has 36 heavy (non-hydrogen) atoms. The number of amides is 1. The maximum atomic E-state index is 13.3. The molecule has 1 aliphatic rings. The number of aromatic nitrogens is 3. The predicted molar refractivity (Wildman–Crippen MR) is 143 cm³/mol. The van der Waals surface area contributed by atoms with Gasteiger partial charge in [-0.2, -0.15) is 8.75 Å². The van der Waals surface area contributed by atoms with E-state index in [9.17, 15) is 9.90 Å². The lowest BCUT2D eigenvalue weighted by Gasteiger charge is -2.35. The summed E-state index contributed by atoms with van der Waals surface area (Å²) in [4.78, 5) is 21.6. The van der Waals surface area contributed by atoms with Crippen molar-refractivity contribution < 1.29 is 9.90 Å². The number of piperazine rings is 1. The average Bonchev–Trinajstić information content (AvgIpc) is 3.34. The number of anilines is 5. The number of nitrogens with one attached hydrogen (secondary N) is 2. The minimum absolute atomic E-state index is 0.111. The molecule has 4 aromatic rings. The van der Waals surface area contributed by atoms with Crippen molar-refractivity contribution in [3.8, 4) is 5.75 Å². The fourth-order valence-corrected chi connectivity index (χ4v) is 4.63. The van der Waals surface area contributed by atoms with E-state index < -0.39 is 0 Å². The van der Waals surface area contributed by atoms with Crippen LogP contribution in [0.3, 0.4) is 0 Å². The molecule has 9 nitrogen and oxygen atoms in total. The molecule has 3 N–H and O–H groups in total. The van der Waals surface area contributed by atoms with Crippen molar-refractivity contribution in [2.24, 2.45) is 0 Å². The van der Waals surface area contributed by atoms with Crippen LogP contribution in [0.4, 0.5) is 28.8 Å². The van der Waals surface area contributed by atoms with Gasteiger partial charge in [0.25, 0.3) is 5.91 Å². The van der Waals surface area contributed by atoms with Crippen LogP contribution in [0.2, 0.25) is 0 Å². The largest absolute Gasteiger partial charge is 0.505 e. The van der Waals surface area contributed by atoms with Crippen molar-refractivity contribution >= 4 is 46.5 Å². The van der Waals surface area contributed by atoms with Crippen LogP contribution in [0.1, 0.15) is 21.5 Å². The highest BCUT2D eigenvalue weighted by molar-refractivity contribution is 6.99. The lowest BCUT2D eigenvalue weighted by molar-refractivity contribution is 0.0743. The molecule has 0 atom stereocenters. The molecule has 0 radical (unpaired) electrons. The summed E-state index contributed by atoms with van der Waals surface area (Å²) in [6.45, 7) is 6.55. The van der Waals surface area contributed by atoms with Crippen LogP contribution < -0.4 is 15.5 Å². The highest BCUT2D eigenvalue weighted by atomic mass is 32.1. The van der Waals surface area contributed by atoms with Gasteiger partial charge in [0, 0.05) is 38.1 Å². The van der Waals surface area contributed by atoms with Gasteiger partial charge in [0.05, 0.1) is 23.0 Å². The summed E-state index contributed by atoms with van der Waals surface area (Å²) >= 11 is 1.06. The van der Waals surface area contributed by atoms with Crippen molar-refractivity contribution in [3.05, 3.63) is 77.5 Å². The van der Waals surface area contributed by atoms with Gasteiger partial charge in [-0.3, -0.25) is 4.79 Å². The molecular formula is C26H27N7O2S. The zero-order valence-electron chi connectivity index (χ0n) is 20.1. The number of nitrogens with zero attached hydrogens (tertiary/aromatic N) is 5. The first-order chi connectivity index (χ1) is 17.5. The van der Waals surface area contributed by atoms with Gasteiger partial charge in [0.2, 0.25) is 0 Å². The van der Waals surface area contributed by atoms with Gasteiger partial charge in [-0.05, 0) is 55.3 Å². The molecule has 1 fully saturated rings. The number of benzene rings is 2. The average molecular weight is 502 g/mol. The number of aromatic hydroxyl groups is 1. The summed E-state index contributed by atoms with van der Waals surface area (Å²) in [5, 5.41) is 17.4. The van der Waals surface area contributed by atoms with Gasteiger partial charge in [-0.1, -0.05) is 24.3 Å². The molecule has 0 aliphatic carbocycles. The topological polar surface area (TPSA) is 107 Å². The van der Waals surface area contributed by atoms with Crippen molar-refractivity contribution in [1.29, 1.82) is 0 Å². The van der Waals surface area contributed by atoms with Crippen LogP contribution in [-0.4, -0.2) is 55.8 Å². The second-order valence-corrected chi connectivity index (χ2v) is 9.16. The van der Waals surface area contributed by atoms with Crippen molar-refractivity contribution in [1.82, 2.24) is 18.6 Å². The second kappa shape index (κ2) is 10.2. The molecule has 0 bridgehead atoms. The highest BCUT2D eigenvalue weighted by Gasteiger charge is 2.25. The van der Waals surface area contributed by atoms with Crippen molar-refractivity contribution in [3.63, 3.8) is 0 Å². The summed E-state index contributed by atoms with van der Waals surface area (Å²) in [6.07, 6.45) is 1.77. The molecule has 1 saturated heterocycles. The van der Waals surface area contributed by atoms with Crippen LogP contribution in [0.25, 0.3) is 0 Å². The molecule has 0 saturated carbocycles. The molecular weight excluding hydrogens is 474 g/mol. The Kier molecular flexibility index (Phi) is 6.68. The van der Waals surface area contributed by atoms with Crippen molar-refractivity contribution in [2.45, 2.75) is 13.8 Å². The van der Waals surface area contributed by atoms with Gasteiger partial charge in [0.1, 0.15) is 5.82 Å². The van der Waals surface area contributed by atoms with Gasteiger partial charge < -0.3 is 25.5 Å². The Labute approximate surface area is 213 Å². The van der Waals surface area contributed by atoms with Gasteiger partial charge in [-0.25, -0.2) is 4.98 Å². The number of pyridine rings is 1. The van der Waals surface area contributed by atoms with Crippen LogP contribution in [0.5, 0.6) is 5.75 Å². The third kappa shape index (κ3) is 4.80. The monoisotopic (exact) mass is 501 g/mol. The van der Waals surface area contributed by atoms with E-state index in [-0.39, 0.29) is 17.2 Å². The summed E-state index contributed by atoms with van der Waals surface area (Å²) in [5.41, 5.74) is 3.87. The number of hydrogen-bond acceptors (Lipinski definition) is 9. The molecule has 1 amide bonds. The van der Waals surface area contributed by atoms with Crippen molar-refractivity contribution in [2.75, 3.05) is 41.7 Å². The molecule has 2 aromatic carbocycles. The Balaban J connectivity index is 1.29. The Morgan fingerprint density at radius 2 is 1.58 bits per heavy atom. The first-order valence-electron chi connectivity index (χ1n) is 11.7. The predicted octanol–water partition coefficient (Wildman–Crippen LogP) is 4.71. The number of rotatable bonds is 6. The van der Waals surface area contributed by atoms with E-state index in [2.05, 4.69) is 42.3 Å². The Bertz CT molecular complexity index is 1370. The first kappa shape index (κ1) is 23.6. The van der Waals surface area contributed by atoms with E-state index in [0.717, 1.165) is 28.8 Å². The Morgan fingerprint density at radius 1 is 0.889 bits per heavy atom. The van der Waals surface area contributed by atoms with E-state index in [1.807, 2.05) is 37.3 Å². The fraction of sp³-hybridized carbons (Fsp3) is 0.231. The zero-order valence-corrected chi connectivity index (χ0v) is 20.9. The minimum Gasteiger partial charge on any atom is -0.505 e. The SMILES string of the molecule is Cc1cccc(Nc2nsnc2Nc2cccc(C(=O)N3CCN(c4ccccn4)CC3)c2O)c1C. The summed E-state index contributed by atoms with van der Waals surface area (Å²) in [7, 11) is 0. The van der Waals surface area contributed by atoms with Crippen LogP contribution in [-0.2, 0) is 0 Å². The molecule has 0 spiro atoms. The number of hydrogen-bond donors (Lipinski definition) is 3. The van der Waals surface area contributed by atoms with Gasteiger partial charge in [-0.15, -0.1) is 0 Å². The number of para-hydroxylation sites is 1. The summed E-state index contributed by atoms with van der Waals surface area (Å²) < 4.78 is 8.70. The first-order valence-corrected chi connectivity index (χ1v) is 12.4. The van der Waals surface area contributed by atoms with Crippen LogP contribution in [0.15, 0.2) is 60.8 Å². The Hall–Kier alpha value is -4.18. The normalized spacial score (nSPS) is 13.5. The van der Waals surface area contributed by atoms with Crippen LogP contribution >= 0.6 is 11.7 Å². The smallest absolute Gasteiger partial charge is 0.257 e. The number of phenolic OH excluding ortho intramolecular Hbond substituents is 1. The quantitative estimate of drug-likeness (QED) is 0.326. The maximum absolute atomic E-state index is 13.3. The highest BCUT2D eigenvalue weighted by Crippen LogP contribution is 2.34. The molecule has 3 heterocycles. The van der Waals surface area contributed by atoms with Gasteiger partial charge in [0.15, 0.2) is 17.4 Å². The Morgan fingerprint density at radius 3 is 2.31 bits per heavy atom. The fourth-order valence-electron chi connectivity index (χ4n) is 4.16. The summed E-state index contributed by atoms with van der Waals surface area (Å²) in [5.74, 6) is 1.61. The van der Waals surface area contributed by atoms with E-state index in [1.165, 1.54) is 5.56 Å². The molecule has 184 valence electrons. The minimum atomic E-state index is -0.207. The van der Waals surface area contributed by atoms with E-state index in [0.29, 0.717) is 43.5 Å². The third-order valence-electron chi connectivity index (χ3n) is 6.41. The third-order valence-corrected chi connectivity index (χ3v) is 6.93. The second-order valence-electron chi connectivity index (χ2n) is 8.63. The molecule has 2 aromatic heterocycles.